The van der Waals surface area contributed by atoms with Crippen LogP contribution in [0.5, 0.6) is 0 Å². The van der Waals surface area contributed by atoms with Crippen molar-refractivity contribution < 1.29 is 33.5 Å². The van der Waals surface area contributed by atoms with Crippen molar-refractivity contribution in [1.82, 2.24) is 10.2 Å². The van der Waals surface area contributed by atoms with Crippen molar-refractivity contribution in [2.75, 3.05) is 46.1 Å². The van der Waals surface area contributed by atoms with Crippen LogP contribution in [0.1, 0.15) is 53.0 Å². The van der Waals surface area contributed by atoms with Crippen LogP contribution in [0.25, 0.3) is 0 Å². The van der Waals surface area contributed by atoms with E-state index in [-0.39, 0.29) is 49.0 Å². The highest BCUT2D eigenvalue weighted by Crippen LogP contribution is 2.41. The van der Waals surface area contributed by atoms with Crippen LogP contribution in [-0.2, 0) is 28.5 Å². The van der Waals surface area contributed by atoms with Gasteiger partial charge in [-0.15, -0.1) is 0 Å². The first-order valence-electron chi connectivity index (χ1n) is 13.0. The third-order valence-electron chi connectivity index (χ3n) is 6.13. The first kappa shape index (κ1) is 30.9. The Kier molecular flexibility index (Phi) is 12.4. The predicted octanol–water partition coefficient (Wildman–Crippen LogP) is 3.66. The average Bonchev–Trinajstić information content (AvgIpc) is 2.90. The lowest BCUT2D eigenvalue weighted by atomic mass is 9.80. The molecule has 11 nitrogen and oxygen atoms in total. The minimum absolute atomic E-state index is 0.0699. The van der Waals surface area contributed by atoms with Crippen LogP contribution >= 0.6 is 0 Å². The number of rotatable bonds is 15. The molecule has 2 rings (SSSR count). The molecule has 0 spiro atoms. The molecule has 1 aliphatic heterocycles. The zero-order valence-corrected chi connectivity index (χ0v) is 23.1. The molecule has 1 aromatic carbocycles. The summed E-state index contributed by atoms with van der Waals surface area (Å²) in [6, 6.07) is 5.84. The number of non-ortho nitro benzene ring substituents is 1. The molecule has 0 aliphatic carbocycles. The summed E-state index contributed by atoms with van der Waals surface area (Å²) in [5, 5.41) is 14.7. The normalized spacial score (nSPS) is 15.6. The molecule has 11 heteroatoms. The maximum absolute atomic E-state index is 13.5. The third kappa shape index (κ3) is 7.62. The van der Waals surface area contributed by atoms with Gasteiger partial charge < -0.3 is 29.2 Å². The van der Waals surface area contributed by atoms with E-state index >= 15 is 0 Å². The summed E-state index contributed by atoms with van der Waals surface area (Å²) >= 11 is 0. The van der Waals surface area contributed by atoms with Crippen LogP contribution in [0, 0.1) is 10.1 Å². The first-order chi connectivity index (χ1) is 18.2. The van der Waals surface area contributed by atoms with Gasteiger partial charge in [-0.25, -0.2) is 9.59 Å². The third-order valence-corrected chi connectivity index (χ3v) is 6.13. The SMILES string of the molecule is CCOC(=O)C1=C(C(OCC)OCC)NC(C)=C(C(=O)OCCN(CC)CC)C1c1cccc([N+](=O)[O-])c1. The van der Waals surface area contributed by atoms with Crippen molar-refractivity contribution in [2.24, 2.45) is 0 Å². The van der Waals surface area contributed by atoms with Gasteiger partial charge >= 0.3 is 11.9 Å². The smallest absolute Gasteiger partial charge is 0.336 e. The maximum Gasteiger partial charge on any atom is 0.336 e. The minimum atomic E-state index is -1.02. The zero-order valence-electron chi connectivity index (χ0n) is 23.1. The second-order valence-electron chi connectivity index (χ2n) is 8.40. The topological polar surface area (TPSA) is 129 Å². The van der Waals surface area contributed by atoms with Crippen molar-refractivity contribution in [3.05, 3.63) is 62.5 Å². The second-order valence-corrected chi connectivity index (χ2v) is 8.40. The summed E-state index contributed by atoms with van der Waals surface area (Å²) < 4.78 is 22.6. The van der Waals surface area contributed by atoms with Crippen molar-refractivity contribution in [1.29, 1.82) is 0 Å². The highest BCUT2D eigenvalue weighted by atomic mass is 16.7. The number of allylic oxidation sites excluding steroid dienone is 1. The van der Waals surface area contributed by atoms with E-state index in [4.69, 9.17) is 18.9 Å². The molecule has 1 N–H and O–H groups in total. The lowest BCUT2D eigenvalue weighted by molar-refractivity contribution is -0.384. The van der Waals surface area contributed by atoms with Crippen molar-refractivity contribution in [3.63, 3.8) is 0 Å². The van der Waals surface area contributed by atoms with E-state index in [9.17, 15) is 19.7 Å². The van der Waals surface area contributed by atoms with E-state index in [1.54, 1.807) is 33.8 Å². The summed E-state index contributed by atoms with van der Waals surface area (Å²) in [5.74, 6) is -2.35. The zero-order chi connectivity index (χ0) is 28.2. The number of benzene rings is 1. The maximum atomic E-state index is 13.5. The van der Waals surface area contributed by atoms with Gasteiger partial charge in [0.15, 0.2) is 6.29 Å². The summed E-state index contributed by atoms with van der Waals surface area (Å²) in [6.07, 6.45) is -0.958. The van der Waals surface area contributed by atoms with Gasteiger partial charge in [0.05, 0.1) is 34.3 Å². The number of carbonyl (C=O) groups excluding carboxylic acids is 2. The molecule has 38 heavy (non-hydrogen) atoms. The van der Waals surface area contributed by atoms with Gasteiger partial charge in [-0.2, -0.15) is 0 Å². The van der Waals surface area contributed by atoms with E-state index in [1.807, 2.05) is 13.8 Å². The Morgan fingerprint density at radius 2 is 1.63 bits per heavy atom. The van der Waals surface area contributed by atoms with Gasteiger partial charge in [0.25, 0.3) is 5.69 Å². The molecule has 0 aromatic heterocycles. The number of nitro groups is 1. The van der Waals surface area contributed by atoms with Gasteiger partial charge in [0.2, 0.25) is 0 Å². The molecule has 0 bridgehead atoms. The molecule has 0 saturated heterocycles. The number of nitro benzene ring substituents is 1. The van der Waals surface area contributed by atoms with Gasteiger partial charge in [-0.3, -0.25) is 10.1 Å². The molecule has 1 aliphatic rings. The molecule has 1 unspecified atom stereocenters. The van der Waals surface area contributed by atoms with Crippen molar-refractivity contribution in [3.8, 4) is 0 Å². The highest BCUT2D eigenvalue weighted by molar-refractivity contribution is 6.00. The Labute approximate surface area is 223 Å². The average molecular weight is 534 g/mol. The number of dihydropyridines is 1. The molecule has 0 saturated carbocycles. The van der Waals surface area contributed by atoms with Crippen LogP contribution in [-0.4, -0.2) is 74.1 Å². The Balaban J connectivity index is 2.70. The Hall–Kier alpha value is -3.28. The van der Waals surface area contributed by atoms with Crippen molar-refractivity contribution in [2.45, 2.75) is 53.8 Å². The number of nitrogens with zero attached hydrogens (tertiary/aromatic N) is 2. The molecular weight excluding hydrogens is 494 g/mol. The molecule has 0 amide bonds. The summed E-state index contributed by atoms with van der Waals surface area (Å²) in [7, 11) is 0. The fourth-order valence-electron chi connectivity index (χ4n) is 4.30. The van der Waals surface area contributed by atoms with Crippen LogP contribution in [0.15, 0.2) is 46.8 Å². The number of hydrogen-bond acceptors (Lipinski definition) is 10. The van der Waals surface area contributed by atoms with Crippen LogP contribution in [0.4, 0.5) is 5.69 Å². The number of esters is 2. The van der Waals surface area contributed by atoms with Gasteiger partial charge in [0, 0.05) is 37.6 Å². The van der Waals surface area contributed by atoms with E-state index in [0.717, 1.165) is 13.1 Å². The number of hydrogen-bond donors (Lipinski definition) is 1. The minimum Gasteiger partial charge on any atom is -0.463 e. The van der Waals surface area contributed by atoms with Crippen LogP contribution < -0.4 is 5.32 Å². The van der Waals surface area contributed by atoms with E-state index < -0.39 is 29.1 Å². The Bertz CT molecular complexity index is 1040. The molecule has 1 aromatic rings. The molecule has 0 fully saturated rings. The van der Waals surface area contributed by atoms with E-state index in [2.05, 4.69) is 10.2 Å². The fourth-order valence-corrected chi connectivity index (χ4v) is 4.30. The van der Waals surface area contributed by atoms with Gasteiger partial charge in [0.1, 0.15) is 6.61 Å². The largest absolute Gasteiger partial charge is 0.463 e. The predicted molar refractivity (Wildman–Crippen MR) is 141 cm³/mol. The summed E-state index contributed by atoms with van der Waals surface area (Å²) in [5.41, 5.74) is 1.11. The number of nitrogens with one attached hydrogen (secondary N) is 1. The second kappa shape index (κ2) is 15.2. The summed E-state index contributed by atoms with van der Waals surface area (Å²) in [4.78, 5) is 40.1. The molecule has 0 radical (unpaired) electrons. The standard InChI is InChI=1S/C27H39N3O8/c1-7-29(8-2)15-16-38-25(31)21-18(6)28-24(27(36-10-4)37-11-5)23(26(32)35-9-3)22(21)19-13-12-14-20(17-19)30(33)34/h12-14,17,22,27-28H,7-11,15-16H2,1-6H3. The van der Waals surface area contributed by atoms with Crippen LogP contribution in [0.3, 0.4) is 0 Å². The Morgan fingerprint density at radius 3 is 2.18 bits per heavy atom. The first-order valence-corrected chi connectivity index (χ1v) is 13.0. The van der Waals surface area contributed by atoms with Crippen molar-refractivity contribution >= 4 is 17.6 Å². The number of likely N-dealkylation sites (N-methyl/N-ethyl adjacent to an activating group) is 1. The number of carbonyl (C=O) groups is 2. The number of ether oxygens (including phenoxy) is 4. The Morgan fingerprint density at radius 1 is 1.00 bits per heavy atom. The fraction of sp³-hybridized carbons (Fsp3) is 0.556. The van der Waals surface area contributed by atoms with Gasteiger partial charge in [-0.05, 0) is 46.3 Å². The quantitative estimate of drug-likeness (QED) is 0.154. The molecular formula is C27H39N3O8. The highest BCUT2D eigenvalue weighted by Gasteiger charge is 2.41. The molecule has 1 atom stereocenters. The lowest BCUT2D eigenvalue weighted by Crippen LogP contribution is -2.39. The monoisotopic (exact) mass is 533 g/mol. The van der Waals surface area contributed by atoms with Crippen LogP contribution in [0.2, 0.25) is 0 Å². The molecule has 1 heterocycles. The van der Waals surface area contributed by atoms with Gasteiger partial charge in [-0.1, -0.05) is 26.0 Å². The summed E-state index contributed by atoms with van der Waals surface area (Å²) in [6.45, 7) is 13.9. The lowest BCUT2D eigenvalue weighted by Gasteiger charge is -2.34. The molecule has 210 valence electrons. The van der Waals surface area contributed by atoms with E-state index in [0.29, 0.717) is 17.8 Å². The van der Waals surface area contributed by atoms with E-state index in [1.165, 1.54) is 18.2 Å².